The summed E-state index contributed by atoms with van der Waals surface area (Å²) in [5.41, 5.74) is 5.74. The molecule has 4 nitrogen and oxygen atoms in total. The number of hydrogen-bond donors (Lipinski definition) is 1. The highest BCUT2D eigenvalue weighted by atomic mass is 35.5. The molecule has 0 saturated carbocycles. The molecule has 0 radical (unpaired) electrons. The third-order valence-electron chi connectivity index (χ3n) is 4.98. The van der Waals surface area contributed by atoms with Gasteiger partial charge in [-0.2, -0.15) is 5.26 Å². The smallest absolute Gasteiger partial charge is 0.407 e. The topological polar surface area (TPSA) is 62.1 Å². The fraction of sp³-hybridized carbons (Fsp3) is 0.120. The summed E-state index contributed by atoms with van der Waals surface area (Å²) in [6, 6.07) is 23.4. The van der Waals surface area contributed by atoms with E-state index in [2.05, 4.69) is 41.4 Å². The van der Waals surface area contributed by atoms with Crippen molar-refractivity contribution in [3.63, 3.8) is 0 Å². The largest absolute Gasteiger partial charge is 0.449 e. The molecule has 0 fully saturated rings. The number of benzene rings is 3. The van der Waals surface area contributed by atoms with Crippen LogP contribution in [-0.2, 0) is 4.74 Å². The van der Waals surface area contributed by atoms with Gasteiger partial charge >= 0.3 is 6.09 Å². The van der Waals surface area contributed by atoms with Crippen LogP contribution in [0.3, 0.4) is 0 Å². The molecule has 1 aliphatic carbocycles. The van der Waals surface area contributed by atoms with E-state index in [0.29, 0.717) is 16.1 Å². The van der Waals surface area contributed by atoms with Gasteiger partial charge in [-0.3, -0.25) is 0 Å². The maximum Gasteiger partial charge on any atom is 0.407 e. The Morgan fingerprint density at radius 1 is 1.03 bits per heavy atom. The predicted molar refractivity (Wildman–Crippen MR) is 116 cm³/mol. The van der Waals surface area contributed by atoms with Crippen LogP contribution < -0.4 is 5.32 Å². The first-order chi connectivity index (χ1) is 14.7. The molecule has 0 atom stereocenters. The van der Waals surface area contributed by atoms with Crippen molar-refractivity contribution < 1.29 is 9.53 Å². The quantitative estimate of drug-likeness (QED) is 0.608. The van der Waals surface area contributed by atoms with Crippen molar-refractivity contribution in [2.75, 3.05) is 13.2 Å². The Hall–Kier alpha value is -3.73. The number of rotatable bonds is 3. The summed E-state index contributed by atoms with van der Waals surface area (Å²) >= 11 is 5.91. The predicted octanol–water partition coefficient (Wildman–Crippen LogP) is 5.10. The number of alkyl carbamates (subject to hydrolysis) is 1. The van der Waals surface area contributed by atoms with Crippen LogP contribution >= 0.6 is 11.6 Å². The normalized spacial score (nSPS) is 11.5. The number of fused-ring (bicyclic) bond motifs is 3. The van der Waals surface area contributed by atoms with Crippen LogP contribution in [0.2, 0.25) is 5.02 Å². The van der Waals surface area contributed by atoms with E-state index >= 15 is 0 Å². The molecule has 0 aliphatic heterocycles. The summed E-state index contributed by atoms with van der Waals surface area (Å²) in [4.78, 5) is 12.1. The molecule has 1 N–H and O–H groups in total. The zero-order valence-electron chi connectivity index (χ0n) is 16.0. The molecule has 4 rings (SSSR count). The van der Waals surface area contributed by atoms with Gasteiger partial charge in [0.05, 0.1) is 17.1 Å². The molecule has 1 amide bonds. The van der Waals surface area contributed by atoms with Gasteiger partial charge in [0.25, 0.3) is 0 Å². The fourth-order valence-electron chi connectivity index (χ4n) is 3.60. The van der Waals surface area contributed by atoms with E-state index in [0.717, 1.165) is 0 Å². The van der Waals surface area contributed by atoms with Crippen molar-refractivity contribution in [1.82, 2.24) is 5.32 Å². The molecule has 30 heavy (non-hydrogen) atoms. The number of nitriles is 1. The van der Waals surface area contributed by atoms with Gasteiger partial charge in [-0.05, 0) is 40.5 Å². The average molecular weight is 413 g/mol. The van der Waals surface area contributed by atoms with Gasteiger partial charge in [-0.25, -0.2) is 4.79 Å². The van der Waals surface area contributed by atoms with Gasteiger partial charge < -0.3 is 10.1 Å². The number of carbonyl (C=O) groups is 1. The summed E-state index contributed by atoms with van der Waals surface area (Å²) in [6.45, 7) is 0.400. The lowest BCUT2D eigenvalue weighted by Gasteiger charge is -2.14. The average Bonchev–Trinajstić information content (AvgIpc) is 3.10. The lowest BCUT2D eigenvalue weighted by atomic mass is 9.98. The summed E-state index contributed by atoms with van der Waals surface area (Å²) < 4.78 is 5.47. The second kappa shape index (κ2) is 8.74. The highest BCUT2D eigenvalue weighted by Crippen LogP contribution is 2.44. The van der Waals surface area contributed by atoms with Crippen molar-refractivity contribution >= 4 is 17.7 Å². The Labute approximate surface area is 180 Å². The van der Waals surface area contributed by atoms with Crippen molar-refractivity contribution in [3.8, 4) is 29.0 Å². The van der Waals surface area contributed by atoms with Gasteiger partial charge in [0, 0.05) is 11.5 Å². The molecule has 5 heteroatoms. The molecular formula is C25H17ClN2O2. The minimum absolute atomic E-state index is 0.0210. The van der Waals surface area contributed by atoms with Crippen LogP contribution in [0.1, 0.15) is 28.2 Å². The Morgan fingerprint density at radius 3 is 2.37 bits per heavy atom. The van der Waals surface area contributed by atoms with Crippen LogP contribution in [0, 0.1) is 23.2 Å². The lowest BCUT2D eigenvalue weighted by molar-refractivity contribution is 0.144. The second-order valence-corrected chi connectivity index (χ2v) is 7.19. The Morgan fingerprint density at radius 2 is 1.70 bits per heavy atom. The Bertz CT molecular complexity index is 1170. The van der Waals surface area contributed by atoms with Crippen molar-refractivity contribution in [3.05, 3.63) is 94.0 Å². The van der Waals surface area contributed by atoms with E-state index in [1.165, 1.54) is 22.3 Å². The maximum absolute atomic E-state index is 12.1. The van der Waals surface area contributed by atoms with Crippen LogP contribution in [0.15, 0.2) is 66.7 Å². The molecule has 0 saturated heterocycles. The first-order valence-corrected chi connectivity index (χ1v) is 9.82. The molecule has 146 valence electrons. The number of amides is 1. The molecule has 0 heterocycles. The van der Waals surface area contributed by atoms with Crippen molar-refractivity contribution in [2.24, 2.45) is 0 Å². The van der Waals surface area contributed by atoms with E-state index in [1.54, 1.807) is 18.2 Å². The van der Waals surface area contributed by atoms with Crippen LogP contribution in [0.4, 0.5) is 4.79 Å². The third kappa shape index (κ3) is 4.01. The minimum atomic E-state index is -0.514. The number of nitrogens with zero attached hydrogens (tertiary/aromatic N) is 1. The minimum Gasteiger partial charge on any atom is -0.449 e. The van der Waals surface area contributed by atoms with Gasteiger partial charge in [0.1, 0.15) is 12.7 Å². The summed E-state index contributed by atoms with van der Waals surface area (Å²) in [7, 11) is 0. The van der Waals surface area contributed by atoms with Crippen LogP contribution in [-0.4, -0.2) is 19.2 Å². The van der Waals surface area contributed by atoms with E-state index in [9.17, 15) is 4.79 Å². The zero-order chi connectivity index (χ0) is 20.9. The molecular weight excluding hydrogens is 396 g/mol. The maximum atomic E-state index is 12.1. The number of halogens is 1. The summed E-state index contributed by atoms with van der Waals surface area (Å²) in [6.07, 6.45) is -0.514. The third-order valence-corrected chi connectivity index (χ3v) is 5.31. The fourth-order valence-corrected chi connectivity index (χ4v) is 3.76. The molecule has 3 aromatic rings. The lowest BCUT2D eigenvalue weighted by Crippen LogP contribution is -2.26. The van der Waals surface area contributed by atoms with Gasteiger partial charge in [-0.1, -0.05) is 72.0 Å². The number of ether oxygens (including phenoxy) is 1. The van der Waals surface area contributed by atoms with Crippen molar-refractivity contribution in [2.45, 2.75) is 5.92 Å². The number of hydrogen-bond acceptors (Lipinski definition) is 3. The van der Waals surface area contributed by atoms with Gasteiger partial charge in [-0.15, -0.1) is 0 Å². The summed E-state index contributed by atoms with van der Waals surface area (Å²) in [5, 5.41) is 12.0. The van der Waals surface area contributed by atoms with Gasteiger partial charge in [0.2, 0.25) is 0 Å². The molecule has 0 spiro atoms. The molecule has 0 bridgehead atoms. The summed E-state index contributed by atoms with van der Waals surface area (Å²) in [5.74, 6) is 5.76. The highest BCUT2D eigenvalue weighted by molar-refractivity contribution is 6.31. The highest BCUT2D eigenvalue weighted by Gasteiger charge is 2.28. The first kappa shape index (κ1) is 19.6. The Kier molecular flexibility index (Phi) is 5.70. The first-order valence-electron chi connectivity index (χ1n) is 9.44. The van der Waals surface area contributed by atoms with Crippen molar-refractivity contribution in [1.29, 1.82) is 5.26 Å². The number of nitrogens with one attached hydrogen (secondary N) is 1. The van der Waals surface area contributed by atoms with Crippen LogP contribution in [0.5, 0.6) is 0 Å². The standard InChI is InChI=1S/C25H17ClN2O2/c26-24-12-11-17(14-18(24)15-27)6-5-13-28-25(29)30-16-23-21-9-3-1-7-19(21)20-8-2-4-10-22(20)23/h1-4,7-12,14,23H,13,16H2,(H,28,29). The number of carbonyl (C=O) groups excluding carboxylic acids is 1. The second-order valence-electron chi connectivity index (χ2n) is 6.79. The van der Waals surface area contributed by atoms with Crippen LogP contribution in [0.25, 0.3) is 11.1 Å². The Balaban J connectivity index is 1.35. The zero-order valence-corrected chi connectivity index (χ0v) is 16.7. The van der Waals surface area contributed by atoms with E-state index < -0.39 is 6.09 Å². The van der Waals surface area contributed by atoms with E-state index in [-0.39, 0.29) is 19.1 Å². The van der Waals surface area contributed by atoms with E-state index in [1.807, 2.05) is 30.3 Å². The molecule has 0 unspecified atom stereocenters. The molecule has 1 aliphatic rings. The molecule has 3 aromatic carbocycles. The van der Waals surface area contributed by atoms with E-state index in [4.69, 9.17) is 21.6 Å². The molecule has 0 aromatic heterocycles. The monoisotopic (exact) mass is 412 g/mol. The van der Waals surface area contributed by atoms with Gasteiger partial charge in [0.15, 0.2) is 0 Å². The SMILES string of the molecule is N#Cc1cc(C#CCNC(=O)OCC2c3ccccc3-c3ccccc32)ccc1Cl.